The number of para-hydroxylation sites is 1. The highest BCUT2D eigenvalue weighted by atomic mass is 35.5. The van der Waals surface area contributed by atoms with Crippen molar-refractivity contribution in [3.8, 4) is 5.75 Å². The Morgan fingerprint density at radius 2 is 1.54 bits per heavy atom. The molecule has 0 fully saturated rings. The number of ether oxygens (including phenoxy) is 2. The van der Waals surface area contributed by atoms with Crippen LogP contribution >= 0.6 is 11.6 Å². The summed E-state index contributed by atoms with van der Waals surface area (Å²) in [5.41, 5.74) is -1.29. The van der Waals surface area contributed by atoms with E-state index in [0.717, 1.165) is 19.3 Å². The molecule has 0 radical (unpaired) electrons. The molecule has 0 unspecified atom stereocenters. The van der Waals surface area contributed by atoms with E-state index in [0.29, 0.717) is 24.5 Å². The molecule has 1 rings (SSSR count). The lowest BCUT2D eigenvalue weighted by atomic mass is 9.82. The van der Waals surface area contributed by atoms with Gasteiger partial charge in [-0.3, -0.25) is 9.59 Å². The van der Waals surface area contributed by atoms with Crippen LogP contribution in [0.1, 0.15) is 72.1 Å². The summed E-state index contributed by atoms with van der Waals surface area (Å²) in [4.78, 5) is 25.3. The average molecular weight is 383 g/mol. The van der Waals surface area contributed by atoms with Gasteiger partial charge in [0, 0.05) is 0 Å². The zero-order valence-corrected chi connectivity index (χ0v) is 16.9. The van der Waals surface area contributed by atoms with Crippen molar-refractivity contribution in [3.63, 3.8) is 0 Å². The van der Waals surface area contributed by atoms with Gasteiger partial charge >= 0.3 is 11.9 Å². The normalized spacial score (nSPS) is 11.2. The fourth-order valence-electron chi connectivity index (χ4n) is 2.82. The summed E-state index contributed by atoms with van der Waals surface area (Å²) in [5, 5.41) is 0.336. The molecule has 0 aliphatic carbocycles. The summed E-state index contributed by atoms with van der Waals surface area (Å²) in [6, 6.07) is 6.73. The average Bonchev–Trinajstić information content (AvgIpc) is 2.64. The second kappa shape index (κ2) is 11.9. The lowest BCUT2D eigenvalue weighted by Crippen LogP contribution is -2.42. The molecule has 1 aromatic rings. The predicted octanol–water partition coefficient (Wildman–Crippen LogP) is 5.96. The van der Waals surface area contributed by atoms with Gasteiger partial charge in [0.25, 0.3) is 0 Å². The van der Waals surface area contributed by atoms with Gasteiger partial charge < -0.3 is 9.47 Å². The molecule has 0 aliphatic rings. The number of benzene rings is 1. The topological polar surface area (TPSA) is 52.6 Å². The summed E-state index contributed by atoms with van der Waals surface area (Å²) >= 11 is 6.05. The lowest BCUT2D eigenvalue weighted by molar-refractivity contribution is -0.168. The third kappa shape index (κ3) is 6.31. The van der Waals surface area contributed by atoms with Crippen molar-refractivity contribution in [2.75, 3.05) is 6.61 Å². The molecule has 0 spiro atoms. The molecule has 1 aromatic carbocycles. The summed E-state index contributed by atoms with van der Waals surface area (Å²) in [5.74, 6) is -0.856. The first-order chi connectivity index (χ1) is 12.5. The maximum Gasteiger partial charge on any atom is 0.328 e. The molecule has 0 amide bonds. The number of halogens is 1. The molecule has 0 aliphatic heterocycles. The van der Waals surface area contributed by atoms with E-state index in [2.05, 4.69) is 6.92 Å². The molecule has 0 heterocycles. The van der Waals surface area contributed by atoms with E-state index in [1.54, 1.807) is 38.1 Å². The van der Waals surface area contributed by atoms with Crippen molar-refractivity contribution in [1.29, 1.82) is 0 Å². The van der Waals surface area contributed by atoms with Gasteiger partial charge in [-0.2, -0.15) is 0 Å². The van der Waals surface area contributed by atoms with E-state index in [4.69, 9.17) is 21.1 Å². The second-order valence-corrected chi connectivity index (χ2v) is 6.92. The van der Waals surface area contributed by atoms with Crippen LogP contribution in [0.25, 0.3) is 0 Å². The van der Waals surface area contributed by atoms with Crippen LogP contribution in [0.2, 0.25) is 5.02 Å². The van der Waals surface area contributed by atoms with Crippen LogP contribution in [0.4, 0.5) is 0 Å². The van der Waals surface area contributed by atoms with Crippen molar-refractivity contribution in [2.45, 2.75) is 72.1 Å². The van der Waals surface area contributed by atoms with Crippen LogP contribution < -0.4 is 4.74 Å². The molecular weight excluding hydrogens is 352 g/mol. The van der Waals surface area contributed by atoms with Crippen molar-refractivity contribution in [3.05, 3.63) is 29.3 Å². The van der Waals surface area contributed by atoms with Gasteiger partial charge in [-0.1, -0.05) is 76.6 Å². The third-order valence-electron chi connectivity index (χ3n) is 4.76. The Morgan fingerprint density at radius 3 is 2.15 bits per heavy atom. The Bertz CT molecular complexity index is 567. The van der Waals surface area contributed by atoms with Gasteiger partial charge in [0.05, 0.1) is 11.6 Å². The van der Waals surface area contributed by atoms with Crippen LogP contribution in [-0.2, 0) is 14.3 Å². The van der Waals surface area contributed by atoms with E-state index in [1.807, 2.05) is 0 Å². The maximum absolute atomic E-state index is 12.7. The zero-order chi connectivity index (χ0) is 19.4. The van der Waals surface area contributed by atoms with Gasteiger partial charge in [-0.05, 0) is 31.4 Å². The standard InChI is InChI=1S/C21H31ClO4/c1-4-7-8-9-10-13-16-25-19(23)21(5-2,6-3)20(24)26-18-15-12-11-14-17(18)22/h11-12,14-15H,4-10,13,16H2,1-3H3. The number of unbranched alkanes of at least 4 members (excludes halogenated alkanes) is 5. The number of esters is 2. The third-order valence-corrected chi connectivity index (χ3v) is 5.07. The first-order valence-corrected chi connectivity index (χ1v) is 10.0. The van der Waals surface area contributed by atoms with Crippen LogP contribution in [0.15, 0.2) is 24.3 Å². The maximum atomic E-state index is 12.7. The molecule has 4 nitrogen and oxygen atoms in total. The van der Waals surface area contributed by atoms with Gasteiger partial charge in [0.1, 0.15) is 5.75 Å². The van der Waals surface area contributed by atoms with E-state index in [-0.39, 0.29) is 5.75 Å². The molecule has 0 saturated heterocycles. The highest BCUT2D eigenvalue weighted by Gasteiger charge is 2.46. The molecule has 146 valence electrons. The molecule has 0 aromatic heterocycles. The monoisotopic (exact) mass is 382 g/mol. The van der Waals surface area contributed by atoms with Gasteiger partial charge in [-0.15, -0.1) is 0 Å². The summed E-state index contributed by atoms with van der Waals surface area (Å²) in [7, 11) is 0. The molecule has 0 atom stereocenters. The minimum atomic E-state index is -1.29. The number of carbonyl (C=O) groups excluding carboxylic acids is 2. The summed E-state index contributed by atoms with van der Waals surface area (Å²) in [6.07, 6.45) is 7.29. The number of hydrogen-bond acceptors (Lipinski definition) is 4. The minimum absolute atomic E-state index is 0.258. The molecule has 5 heteroatoms. The highest BCUT2D eigenvalue weighted by molar-refractivity contribution is 6.32. The van der Waals surface area contributed by atoms with Gasteiger partial charge in [0.2, 0.25) is 0 Å². The predicted molar refractivity (Wildman–Crippen MR) is 104 cm³/mol. The van der Waals surface area contributed by atoms with Gasteiger partial charge in [-0.25, -0.2) is 0 Å². The fourth-order valence-corrected chi connectivity index (χ4v) is 3.00. The molecule has 0 bridgehead atoms. The summed E-state index contributed by atoms with van der Waals surface area (Å²) < 4.78 is 10.8. The van der Waals surface area contributed by atoms with Gasteiger partial charge in [0.15, 0.2) is 5.41 Å². The second-order valence-electron chi connectivity index (χ2n) is 6.51. The Hall–Kier alpha value is -1.55. The van der Waals surface area contributed by atoms with E-state index in [9.17, 15) is 9.59 Å². The van der Waals surface area contributed by atoms with Crippen molar-refractivity contribution < 1.29 is 19.1 Å². The molecule has 0 N–H and O–H groups in total. The molecule has 0 saturated carbocycles. The fraction of sp³-hybridized carbons (Fsp3) is 0.619. The Balaban J connectivity index is 2.62. The number of carbonyl (C=O) groups is 2. The lowest BCUT2D eigenvalue weighted by Gasteiger charge is -2.27. The van der Waals surface area contributed by atoms with E-state index < -0.39 is 17.4 Å². The Kier molecular flexibility index (Phi) is 10.3. The Morgan fingerprint density at radius 1 is 0.923 bits per heavy atom. The molecule has 26 heavy (non-hydrogen) atoms. The smallest absolute Gasteiger partial charge is 0.328 e. The first-order valence-electron chi connectivity index (χ1n) is 9.65. The van der Waals surface area contributed by atoms with Crippen molar-refractivity contribution in [1.82, 2.24) is 0 Å². The van der Waals surface area contributed by atoms with Crippen LogP contribution in [0, 0.1) is 5.41 Å². The number of rotatable bonds is 12. The van der Waals surface area contributed by atoms with Crippen LogP contribution in [0.5, 0.6) is 5.75 Å². The SMILES string of the molecule is CCCCCCCCOC(=O)C(CC)(CC)C(=O)Oc1ccccc1Cl. The minimum Gasteiger partial charge on any atom is -0.465 e. The van der Waals surface area contributed by atoms with Crippen molar-refractivity contribution >= 4 is 23.5 Å². The first kappa shape index (κ1) is 22.5. The van der Waals surface area contributed by atoms with Crippen LogP contribution in [0.3, 0.4) is 0 Å². The van der Waals surface area contributed by atoms with E-state index >= 15 is 0 Å². The largest absolute Gasteiger partial charge is 0.465 e. The summed E-state index contributed by atoms with van der Waals surface area (Å²) in [6.45, 7) is 6.11. The van der Waals surface area contributed by atoms with Crippen LogP contribution in [-0.4, -0.2) is 18.5 Å². The quantitative estimate of drug-likeness (QED) is 0.194. The Labute approximate surface area is 162 Å². The molecular formula is C21H31ClO4. The van der Waals surface area contributed by atoms with Crippen molar-refractivity contribution in [2.24, 2.45) is 5.41 Å². The highest BCUT2D eigenvalue weighted by Crippen LogP contribution is 2.33. The van der Waals surface area contributed by atoms with E-state index in [1.165, 1.54) is 19.3 Å². The zero-order valence-electron chi connectivity index (χ0n) is 16.2. The number of hydrogen-bond donors (Lipinski definition) is 0.